The first-order chi connectivity index (χ1) is 7.59. The molecule has 1 saturated heterocycles. The summed E-state index contributed by atoms with van der Waals surface area (Å²) in [5.74, 6) is 0.960. The van der Waals surface area contributed by atoms with Gasteiger partial charge in [0.1, 0.15) is 0 Å². The van der Waals surface area contributed by atoms with Crippen LogP contribution in [0.4, 0.5) is 0 Å². The molecule has 0 radical (unpaired) electrons. The van der Waals surface area contributed by atoms with E-state index in [1.165, 1.54) is 0 Å². The molecular weight excluding hydrogens is 222 g/mol. The molecular formula is C12H15NO2S. The highest BCUT2D eigenvalue weighted by atomic mass is 32.2. The van der Waals surface area contributed by atoms with Gasteiger partial charge in [-0.1, -0.05) is 25.1 Å². The Morgan fingerprint density at radius 3 is 2.81 bits per heavy atom. The Bertz CT molecular complexity index is 524. The van der Waals surface area contributed by atoms with Crippen molar-refractivity contribution in [3.8, 4) is 0 Å². The van der Waals surface area contributed by atoms with Crippen LogP contribution in [0.15, 0.2) is 29.2 Å². The number of rotatable bonds is 0. The minimum atomic E-state index is -3.23. The molecule has 3 rings (SSSR count). The van der Waals surface area contributed by atoms with Crippen LogP contribution in [0.1, 0.15) is 12.5 Å². The number of nitrogens with zero attached hydrogens (tertiary/aromatic N) is 1. The molecule has 0 aliphatic carbocycles. The third-order valence-corrected chi connectivity index (χ3v) is 5.74. The highest BCUT2D eigenvalue weighted by Gasteiger charge is 2.41. The van der Waals surface area contributed by atoms with Crippen LogP contribution < -0.4 is 0 Å². The summed E-state index contributed by atoms with van der Waals surface area (Å²) >= 11 is 0. The second kappa shape index (κ2) is 3.31. The molecule has 0 amide bonds. The summed E-state index contributed by atoms with van der Waals surface area (Å²) in [5.41, 5.74) is 0.988. The van der Waals surface area contributed by atoms with Gasteiger partial charge in [0.15, 0.2) is 0 Å². The van der Waals surface area contributed by atoms with Gasteiger partial charge in [0, 0.05) is 13.1 Å². The normalized spacial score (nSPS) is 35.4. The SMILES string of the molecule is C[C@@H]1CN2C[C@H]1Cc1ccccc1S2(=O)=O. The van der Waals surface area contributed by atoms with Gasteiger partial charge in [-0.25, -0.2) is 8.42 Å². The second-order valence-electron chi connectivity index (χ2n) is 4.87. The van der Waals surface area contributed by atoms with Crippen molar-refractivity contribution in [1.82, 2.24) is 4.31 Å². The van der Waals surface area contributed by atoms with Crippen molar-refractivity contribution in [2.75, 3.05) is 13.1 Å². The first-order valence-corrected chi connectivity index (χ1v) is 7.11. The van der Waals surface area contributed by atoms with E-state index in [9.17, 15) is 8.42 Å². The van der Waals surface area contributed by atoms with E-state index in [1.54, 1.807) is 16.4 Å². The fraction of sp³-hybridized carbons (Fsp3) is 0.500. The van der Waals surface area contributed by atoms with E-state index in [4.69, 9.17) is 0 Å². The molecule has 3 atom stereocenters. The maximum atomic E-state index is 12.4. The Kier molecular flexibility index (Phi) is 2.13. The molecule has 86 valence electrons. The van der Waals surface area contributed by atoms with Gasteiger partial charge in [0.05, 0.1) is 4.90 Å². The summed E-state index contributed by atoms with van der Waals surface area (Å²) in [7, 11) is -3.23. The summed E-state index contributed by atoms with van der Waals surface area (Å²) in [6.45, 7) is 3.52. The topological polar surface area (TPSA) is 37.4 Å². The van der Waals surface area contributed by atoms with Crippen molar-refractivity contribution in [2.45, 2.75) is 18.2 Å². The number of hydrogen-bond donors (Lipinski definition) is 0. The molecule has 4 heteroatoms. The Morgan fingerprint density at radius 2 is 2.00 bits per heavy atom. The van der Waals surface area contributed by atoms with Crippen LogP contribution in [0.5, 0.6) is 0 Å². The number of benzene rings is 1. The minimum absolute atomic E-state index is 0.475. The molecule has 2 aliphatic rings. The fourth-order valence-electron chi connectivity index (χ4n) is 2.79. The maximum absolute atomic E-state index is 12.4. The van der Waals surface area contributed by atoms with Gasteiger partial charge >= 0.3 is 0 Å². The largest absolute Gasteiger partial charge is 0.243 e. The molecule has 2 aliphatic heterocycles. The zero-order chi connectivity index (χ0) is 11.3. The number of sulfonamides is 1. The standard InChI is InChI=1S/C12H15NO2S/c1-9-7-13-8-11(9)6-10-4-2-3-5-12(10)16(13,14)15/h2-5,9,11H,6-8H2,1H3/t9-,11-/m1/s1. The zero-order valence-corrected chi connectivity index (χ0v) is 10.1. The molecule has 2 heterocycles. The summed E-state index contributed by atoms with van der Waals surface area (Å²) in [6.07, 6.45) is 0.896. The van der Waals surface area contributed by atoms with Crippen LogP contribution in [0.3, 0.4) is 0 Å². The summed E-state index contributed by atoms with van der Waals surface area (Å²) in [6, 6.07) is 7.41. The Labute approximate surface area is 96.1 Å². The lowest BCUT2D eigenvalue weighted by Gasteiger charge is -2.18. The summed E-state index contributed by atoms with van der Waals surface area (Å²) < 4.78 is 26.4. The molecule has 1 aromatic carbocycles. The van der Waals surface area contributed by atoms with Crippen LogP contribution >= 0.6 is 0 Å². The van der Waals surface area contributed by atoms with Crippen molar-refractivity contribution in [1.29, 1.82) is 0 Å². The van der Waals surface area contributed by atoms with Gasteiger partial charge in [-0.3, -0.25) is 0 Å². The molecule has 0 N–H and O–H groups in total. The van der Waals surface area contributed by atoms with E-state index in [1.807, 2.05) is 12.1 Å². The quantitative estimate of drug-likeness (QED) is 0.685. The second-order valence-corrected chi connectivity index (χ2v) is 6.78. The van der Waals surface area contributed by atoms with Crippen molar-refractivity contribution in [3.63, 3.8) is 0 Å². The highest BCUT2D eigenvalue weighted by Crippen LogP contribution is 2.36. The highest BCUT2D eigenvalue weighted by molar-refractivity contribution is 7.89. The van der Waals surface area contributed by atoms with E-state index in [2.05, 4.69) is 6.92 Å². The minimum Gasteiger partial charge on any atom is -0.207 e. The van der Waals surface area contributed by atoms with E-state index in [0.29, 0.717) is 29.8 Å². The van der Waals surface area contributed by atoms with Gasteiger partial charge in [-0.05, 0) is 29.9 Å². The molecule has 0 aromatic heterocycles. The zero-order valence-electron chi connectivity index (χ0n) is 9.26. The van der Waals surface area contributed by atoms with Gasteiger partial charge in [0.25, 0.3) is 0 Å². The average Bonchev–Trinajstić information content (AvgIpc) is 2.56. The molecule has 1 unspecified atom stereocenters. The van der Waals surface area contributed by atoms with Gasteiger partial charge in [-0.15, -0.1) is 0 Å². The molecule has 0 saturated carbocycles. The molecule has 3 nitrogen and oxygen atoms in total. The molecule has 1 fully saturated rings. The van der Waals surface area contributed by atoms with Crippen molar-refractivity contribution in [3.05, 3.63) is 29.8 Å². The van der Waals surface area contributed by atoms with Crippen molar-refractivity contribution >= 4 is 10.0 Å². The van der Waals surface area contributed by atoms with Crippen molar-refractivity contribution < 1.29 is 8.42 Å². The summed E-state index contributed by atoms with van der Waals surface area (Å²) in [5, 5.41) is 0. The fourth-order valence-corrected chi connectivity index (χ4v) is 4.62. The third-order valence-electron chi connectivity index (χ3n) is 3.81. The predicted molar refractivity (Wildman–Crippen MR) is 61.6 cm³/mol. The van der Waals surface area contributed by atoms with Crippen LogP contribution in [0.2, 0.25) is 0 Å². The van der Waals surface area contributed by atoms with Crippen LogP contribution in [0.25, 0.3) is 0 Å². The molecule has 0 spiro atoms. The molecule has 16 heavy (non-hydrogen) atoms. The van der Waals surface area contributed by atoms with Crippen LogP contribution in [-0.4, -0.2) is 25.8 Å². The first kappa shape index (κ1) is 10.3. The first-order valence-electron chi connectivity index (χ1n) is 5.67. The smallest absolute Gasteiger partial charge is 0.207 e. The lowest BCUT2D eigenvalue weighted by Crippen LogP contribution is -2.28. The number of hydrogen-bond acceptors (Lipinski definition) is 2. The Hall–Kier alpha value is -0.870. The average molecular weight is 237 g/mol. The van der Waals surface area contributed by atoms with Gasteiger partial charge in [0.2, 0.25) is 10.0 Å². The maximum Gasteiger partial charge on any atom is 0.243 e. The third kappa shape index (κ3) is 1.33. The Morgan fingerprint density at radius 1 is 1.25 bits per heavy atom. The van der Waals surface area contributed by atoms with Crippen LogP contribution in [0, 0.1) is 11.8 Å². The van der Waals surface area contributed by atoms with Crippen molar-refractivity contribution in [2.24, 2.45) is 11.8 Å². The summed E-state index contributed by atoms with van der Waals surface area (Å²) in [4.78, 5) is 0.518. The molecule has 1 aromatic rings. The number of fused-ring (bicyclic) bond motifs is 3. The van der Waals surface area contributed by atoms with E-state index >= 15 is 0 Å². The van der Waals surface area contributed by atoms with E-state index < -0.39 is 10.0 Å². The lowest BCUT2D eigenvalue weighted by molar-refractivity contribution is 0.448. The lowest BCUT2D eigenvalue weighted by atomic mass is 9.91. The van der Waals surface area contributed by atoms with Gasteiger partial charge < -0.3 is 0 Å². The van der Waals surface area contributed by atoms with E-state index in [0.717, 1.165) is 12.0 Å². The Balaban J connectivity index is 2.21. The van der Waals surface area contributed by atoms with E-state index in [-0.39, 0.29) is 0 Å². The monoisotopic (exact) mass is 237 g/mol. The van der Waals surface area contributed by atoms with Gasteiger partial charge in [-0.2, -0.15) is 4.31 Å². The predicted octanol–water partition coefficient (Wildman–Crippen LogP) is 1.50. The molecule has 2 bridgehead atoms. The van der Waals surface area contributed by atoms with Crippen LogP contribution in [-0.2, 0) is 16.4 Å².